The summed E-state index contributed by atoms with van der Waals surface area (Å²) in [5.41, 5.74) is 8.53. The molecule has 2 heterocycles. The van der Waals surface area contributed by atoms with Gasteiger partial charge < -0.3 is 19.3 Å². The fourth-order valence-electron chi connectivity index (χ4n) is 5.12. The molecule has 10 heteroatoms. The van der Waals surface area contributed by atoms with Crippen molar-refractivity contribution in [1.29, 1.82) is 0 Å². The van der Waals surface area contributed by atoms with Crippen LogP contribution in [0.5, 0.6) is 0 Å². The number of nitrogens with two attached hydrogens (primary N) is 1. The van der Waals surface area contributed by atoms with Gasteiger partial charge in [-0.3, -0.25) is 20.3 Å². The molecule has 1 aromatic heterocycles. The first-order valence-corrected chi connectivity index (χ1v) is 15.6. The minimum absolute atomic E-state index is 0.0808. The molecule has 2 amide bonds. The minimum Gasteiger partial charge on any atom is -0.550 e. The number of aliphatic carboxylic acids is 1. The van der Waals surface area contributed by atoms with E-state index in [1.54, 1.807) is 43.7 Å². The Labute approximate surface area is 272 Å². The first-order chi connectivity index (χ1) is 21.4. The van der Waals surface area contributed by atoms with Crippen LogP contribution in [0.25, 0.3) is 0 Å². The number of carbonyl (C=O) groups excluding carboxylic acids is 3. The molecular weight excluding hydrogens is 582 g/mol. The van der Waals surface area contributed by atoms with Crippen LogP contribution in [0.2, 0.25) is 0 Å². The van der Waals surface area contributed by atoms with E-state index in [0.29, 0.717) is 36.1 Å². The second kappa shape index (κ2) is 14.3. The van der Waals surface area contributed by atoms with E-state index in [2.05, 4.69) is 44.8 Å². The van der Waals surface area contributed by atoms with Crippen molar-refractivity contribution < 1.29 is 29.0 Å². The van der Waals surface area contributed by atoms with Gasteiger partial charge >= 0.3 is 11.9 Å². The molecule has 1 aliphatic heterocycles. The molecule has 248 valence electrons. The van der Waals surface area contributed by atoms with Crippen LogP contribution in [0.15, 0.2) is 65.4 Å². The Hall–Kier alpha value is -4.47. The number of benzene rings is 2. The van der Waals surface area contributed by atoms with Crippen LogP contribution >= 0.6 is 0 Å². The van der Waals surface area contributed by atoms with E-state index in [1.165, 1.54) is 6.26 Å². The lowest BCUT2D eigenvalue weighted by Crippen LogP contribution is -2.85. The molecule has 0 fully saturated rings. The third kappa shape index (κ3) is 8.62. The van der Waals surface area contributed by atoms with Gasteiger partial charge in [-0.05, 0) is 41.4 Å². The molecule has 0 spiro atoms. The van der Waals surface area contributed by atoms with Crippen molar-refractivity contribution >= 4 is 23.7 Å². The highest BCUT2D eigenvalue weighted by Gasteiger charge is 2.53. The lowest BCUT2D eigenvalue weighted by atomic mass is 9.82. The summed E-state index contributed by atoms with van der Waals surface area (Å²) in [6, 6.07) is 17.4. The van der Waals surface area contributed by atoms with Gasteiger partial charge in [-0.2, -0.15) is 4.90 Å². The maximum atomic E-state index is 14.1. The summed E-state index contributed by atoms with van der Waals surface area (Å²) in [6.07, 6.45) is 2.99. The molecule has 0 radical (unpaired) electrons. The van der Waals surface area contributed by atoms with Crippen molar-refractivity contribution in [3.05, 3.63) is 88.8 Å². The summed E-state index contributed by atoms with van der Waals surface area (Å²) in [4.78, 5) is 44.2. The van der Waals surface area contributed by atoms with Crippen molar-refractivity contribution in [3.8, 4) is 0 Å². The molecule has 1 aliphatic rings. The van der Waals surface area contributed by atoms with Crippen LogP contribution in [0.4, 0.5) is 0 Å². The monoisotopic (exact) mass is 631 g/mol. The fraction of sp³-hybridized carbons (Fsp3) is 0.472. The molecule has 0 saturated heterocycles. The third-order valence-electron chi connectivity index (χ3n) is 7.92. The summed E-state index contributed by atoms with van der Waals surface area (Å²) < 4.78 is 4.93. The van der Waals surface area contributed by atoms with E-state index < -0.39 is 16.9 Å². The largest absolute Gasteiger partial charge is 0.550 e. The molecule has 46 heavy (non-hydrogen) atoms. The Kier molecular flexibility index (Phi) is 11.2. The molecule has 3 N–H and O–H groups in total. The van der Waals surface area contributed by atoms with Gasteiger partial charge in [-0.15, -0.1) is 0 Å². The Morgan fingerprint density at radius 3 is 2.22 bits per heavy atom. The zero-order chi connectivity index (χ0) is 34.4. The van der Waals surface area contributed by atoms with E-state index >= 15 is 0 Å². The van der Waals surface area contributed by atoms with E-state index in [9.17, 15) is 19.5 Å². The number of nitrogens with one attached hydrogen (secondary N) is 1. The van der Waals surface area contributed by atoms with Gasteiger partial charge in [-0.1, -0.05) is 103 Å². The quantitative estimate of drug-likeness (QED) is 0.369. The predicted molar refractivity (Wildman–Crippen MR) is 175 cm³/mol. The normalized spacial score (nSPS) is 16.6. The standard InChI is InChI=1S/C31H39N5O3.C5H10O2/c1-21(2)14-16-31(23-10-8-7-9-11-23)28(38)36(29(32)33-31)19-22-12-13-26(30(3,4)5)25(18-22)27(37)35(6)20-24-15-17-39-34-24;1-5(2,3)4(6)7/h7-13,15,17-18,21H,14,16,19-20H2,1-6H3,(H2,32,33);1-3H3,(H,6,7)/t31-;/m1./s1. The van der Waals surface area contributed by atoms with E-state index in [4.69, 9.17) is 10.3 Å². The maximum Gasteiger partial charge on any atom is 0.352 e. The number of carboxylic acid groups (broad SMARTS) is 1. The number of hydrogen-bond donors (Lipinski definition) is 2. The molecule has 10 nitrogen and oxygen atoms in total. The van der Waals surface area contributed by atoms with Crippen LogP contribution in [0.3, 0.4) is 0 Å². The molecular formula is C36H49N5O5. The Morgan fingerprint density at radius 2 is 1.70 bits per heavy atom. The van der Waals surface area contributed by atoms with Crippen LogP contribution in [0, 0.1) is 11.3 Å². The summed E-state index contributed by atoms with van der Waals surface area (Å²) in [5.74, 6) is -0.454. The van der Waals surface area contributed by atoms with Gasteiger partial charge in [-0.25, -0.2) is 0 Å². The van der Waals surface area contributed by atoms with Crippen molar-refractivity contribution in [2.45, 2.75) is 92.3 Å². The third-order valence-corrected chi connectivity index (χ3v) is 7.92. The van der Waals surface area contributed by atoms with Gasteiger partial charge in [0.25, 0.3) is 5.91 Å². The number of amides is 2. The highest BCUT2D eigenvalue weighted by atomic mass is 16.5. The van der Waals surface area contributed by atoms with Crippen LogP contribution in [-0.2, 0) is 33.6 Å². The topological polar surface area (TPSA) is 147 Å². The fourth-order valence-corrected chi connectivity index (χ4v) is 5.12. The lowest BCUT2D eigenvalue weighted by Gasteiger charge is -2.26. The maximum absolute atomic E-state index is 14.1. The second-order valence-electron chi connectivity index (χ2n) is 14.4. The van der Waals surface area contributed by atoms with Crippen molar-refractivity contribution in [1.82, 2.24) is 15.0 Å². The molecule has 4 rings (SSSR count). The Balaban J connectivity index is 0.000000738. The number of guanidine groups is 1. The molecule has 0 bridgehead atoms. The highest BCUT2D eigenvalue weighted by molar-refractivity contribution is 6.02. The summed E-state index contributed by atoms with van der Waals surface area (Å²) in [6.45, 7) is 15.9. The number of hydrogen-bond acceptors (Lipinski definition) is 7. The molecule has 0 saturated carbocycles. The van der Waals surface area contributed by atoms with E-state index in [-0.39, 0.29) is 23.8 Å². The van der Waals surface area contributed by atoms with E-state index in [1.807, 2.05) is 48.5 Å². The van der Waals surface area contributed by atoms with Gasteiger partial charge in [0.2, 0.25) is 5.54 Å². The van der Waals surface area contributed by atoms with Crippen LogP contribution in [-0.4, -0.2) is 45.7 Å². The zero-order valence-corrected chi connectivity index (χ0v) is 28.6. The second-order valence-corrected chi connectivity index (χ2v) is 14.4. The molecule has 0 unspecified atom stereocenters. The minimum atomic E-state index is -1.01. The lowest BCUT2D eigenvalue weighted by molar-refractivity contribution is -0.540. The Morgan fingerprint density at radius 1 is 1.07 bits per heavy atom. The van der Waals surface area contributed by atoms with Crippen LogP contribution < -0.4 is 15.8 Å². The summed E-state index contributed by atoms with van der Waals surface area (Å²) >= 11 is 0. The number of nitrogens with zero attached hydrogens (tertiary/aromatic N) is 3. The van der Waals surface area contributed by atoms with Gasteiger partial charge in [0, 0.05) is 35.6 Å². The number of carboxylic acids is 1. The first-order valence-electron chi connectivity index (χ1n) is 15.6. The van der Waals surface area contributed by atoms with E-state index in [0.717, 1.165) is 23.1 Å². The molecule has 0 aliphatic carbocycles. The predicted octanol–water partition coefficient (Wildman–Crippen LogP) is 3.10. The number of carbonyl (C=O) groups is 3. The van der Waals surface area contributed by atoms with Gasteiger partial charge in [0.1, 0.15) is 18.5 Å². The molecule has 1 atom stereocenters. The molecule has 2 aromatic carbocycles. The zero-order valence-electron chi connectivity index (χ0n) is 28.6. The summed E-state index contributed by atoms with van der Waals surface area (Å²) in [7, 11) is 1.75. The van der Waals surface area contributed by atoms with Crippen molar-refractivity contribution in [3.63, 3.8) is 0 Å². The Bertz CT molecular complexity index is 1530. The molecule has 3 aromatic rings. The average molecular weight is 632 g/mol. The van der Waals surface area contributed by atoms with Gasteiger partial charge in [0.15, 0.2) is 0 Å². The van der Waals surface area contributed by atoms with Crippen molar-refractivity contribution in [2.24, 2.45) is 17.1 Å². The van der Waals surface area contributed by atoms with Crippen molar-refractivity contribution in [2.75, 3.05) is 7.05 Å². The average Bonchev–Trinajstić information content (AvgIpc) is 3.57. The van der Waals surface area contributed by atoms with Gasteiger partial charge in [0.05, 0.1) is 6.54 Å². The first kappa shape index (κ1) is 36.0. The van der Waals surface area contributed by atoms with Crippen LogP contribution in [0.1, 0.15) is 101 Å². The summed E-state index contributed by atoms with van der Waals surface area (Å²) in [5, 5.41) is 13.8. The highest BCUT2D eigenvalue weighted by Crippen LogP contribution is 2.31. The number of rotatable bonds is 9. The SMILES string of the molecule is CC(C)(C)C(=O)[O-].CC(C)CC[C@]1(c2ccccc2)[NH+]=C(N)N(Cc2ccc(C(C)(C)C)c(C(=O)N(C)Cc3ccon3)c2)C1=O. The number of aromatic nitrogens is 1. The smallest absolute Gasteiger partial charge is 0.352 e.